The zero-order valence-corrected chi connectivity index (χ0v) is 14.0. The number of amides is 1. The third-order valence-electron chi connectivity index (χ3n) is 3.18. The molecule has 1 amide bonds. The van der Waals surface area contributed by atoms with Crippen LogP contribution in [0.15, 0.2) is 22.7 Å². The van der Waals surface area contributed by atoms with Crippen LogP contribution in [0.25, 0.3) is 0 Å². The number of benzene rings is 1. The Bertz CT molecular complexity index is 703. The average molecular weight is 349 g/mol. The number of nitrogens with two attached hydrogens (primary N) is 1. The molecule has 1 aromatic heterocycles. The zero-order valence-electron chi connectivity index (χ0n) is 12.5. The number of carbonyl (C=O) groups excluding carboxylic acids is 1. The van der Waals surface area contributed by atoms with Crippen LogP contribution < -0.4 is 10.5 Å². The lowest BCUT2D eigenvalue weighted by Crippen LogP contribution is -2.15. The molecule has 0 atom stereocenters. The van der Waals surface area contributed by atoms with E-state index in [1.54, 1.807) is 13.0 Å². The molecule has 0 saturated carbocycles. The van der Waals surface area contributed by atoms with Crippen LogP contribution in [-0.4, -0.2) is 10.9 Å². The van der Waals surface area contributed by atoms with Gasteiger partial charge in [0.05, 0.1) is 5.69 Å². The van der Waals surface area contributed by atoms with E-state index in [4.69, 9.17) is 10.5 Å². The molecule has 0 fully saturated rings. The van der Waals surface area contributed by atoms with Crippen LogP contribution >= 0.6 is 15.9 Å². The van der Waals surface area contributed by atoms with Crippen LogP contribution in [0.2, 0.25) is 0 Å². The Balaban J connectivity index is 2.51. The predicted molar refractivity (Wildman–Crippen MR) is 85.9 cm³/mol. The van der Waals surface area contributed by atoms with E-state index in [0.717, 1.165) is 21.3 Å². The van der Waals surface area contributed by atoms with E-state index < -0.39 is 5.91 Å². The van der Waals surface area contributed by atoms with Crippen molar-refractivity contribution in [2.75, 3.05) is 0 Å². The van der Waals surface area contributed by atoms with Crippen LogP contribution in [0, 0.1) is 27.7 Å². The number of aryl methyl sites for hydroxylation is 4. The lowest BCUT2D eigenvalue weighted by molar-refractivity contribution is 0.0997. The maximum absolute atomic E-state index is 11.6. The number of pyridine rings is 1. The fourth-order valence-electron chi connectivity index (χ4n) is 2.27. The molecule has 21 heavy (non-hydrogen) atoms. The minimum Gasteiger partial charge on any atom is -0.456 e. The number of hydrogen-bond donors (Lipinski definition) is 1. The molecule has 2 rings (SSSR count). The van der Waals surface area contributed by atoms with Gasteiger partial charge in [-0.05, 0) is 51.0 Å². The summed E-state index contributed by atoms with van der Waals surface area (Å²) in [5.41, 5.74) is 9.23. The minimum atomic E-state index is -0.541. The van der Waals surface area contributed by atoms with Crippen molar-refractivity contribution in [3.63, 3.8) is 0 Å². The van der Waals surface area contributed by atoms with Gasteiger partial charge in [-0.1, -0.05) is 15.9 Å². The Morgan fingerprint density at radius 2 is 1.71 bits per heavy atom. The molecule has 0 aliphatic carbocycles. The highest BCUT2D eigenvalue weighted by Gasteiger charge is 2.16. The summed E-state index contributed by atoms with van der Waals surface area (Å²) in [5, 5.41) is 0. The molecule has 0 aliphatic heterocycles. The van der Waals surface area contributed by atoms with Gasteiger partial charge in [0.1, 0.15) is 17.1 Å². The molecule has 4 nitrogen and oxygen atoms in total. The summed E-state index contributed by atoms with van der Waals surface area (Å²) in [6.45, 7) is 7.57. The van der Waals surface area contributed by atoms with Crippen LogP contribution in [0.4, 0.5) is 0 Å². The van der Waals surface area contributed by atoms with Crippen LogP contribution in [0.5, 0.6) is 11.5 Å². The molecule has 2 aromatic rings. The summed E-state index contributed by atoms with van der Waals surface area (Å²) in [4.78, 5) is 15.9. The highest BCUT2D eigenvalue weighted by molar-refractivity contribution is 9.10. The van der Waals surface area contributed by atoms with Gasteiger partial charge in [0.2, 0.25) is 0 Å². The van der Waals surface area contributed by atoms with Crippen molar-refractivity contribution >= 4 is 21.8 Å². The van der Waals surface area contributed by atoms with E-state index in [1.807, 2.05) is 32.9 Å². The summed E-state index contributed by atoms with van der Waals surface area (Å²) in [6, 6.07) is 5.54. The lowest BCUT2D eigenvalue weighted by Gasteiger charge is -2.14. The second kappa shape index (κ2) is 5.85. The van der Waals surface area contributed by atoms with Gasteiger partial charge >= 0.3 is 0 Å². The second-order valence-electron chi connectivity index (χ2n) is 5.06. The van der Waals surface area contributed by atoms with Crippen molar-refractivity contribution in [2.24, 2.45) is 5.73 Å². The smallest absolute Gasteiger partial charge is 0.254 e. The molecule has 1 aromatic carbocycles. The highest BCUT2D eigenvalue weighted by Crippen LogP contribution is 2.32. The fraction of sp³-hybridized carbons (Fsp3) is 0.250. The first-order valence-electron chi connectivity index (χ1n) is 6.52. The Kier molecular flexibility index (Phi) is 4.32. The Morgan fingerprint density at radius 3 is 2.24 bits per heavy atom. The average Bonchev–Trinajstić information content (AvgIpc) is 2.34. The number of halogens is 1. The molecule has 0 radical (unpaired) electrons. The number of ether oxygens (including phenoxy) is 1. The van der Waals surface area contributed by atoms with Crippen molar-refractivity contribution in [1.82, 2.24) is 4.98 Å². The molecule has 0 bridgehead atoms. The molecule has 5 heteroatoms. The highest BCUT2D eigenvalue weighted by atomic mass is 79.9. The van der Waals surface area contributed by atoms with Gasteiger partial charge in [-0.3, -0.25) is 9.78 Å². The Morgan fingerprint density at radius 1 is 1.14 bits per heavy atom. The molecule has 0 aliphatic rings. The molecule has 0 unspecified atom stereocenters. The van der Waals surface area contributed by atoms with Crippen LogP contribution in [0.1, 0.15) is 32.9 Å². The molecular weight excluding hydrogens is 332 g/mol. The van der Waals surface area contributed by atoms with Crippen LogP contribution in [-0.2, 0) is 0 Å². The number of rotatable bonds is 3. The number of hydrogen-bond acceptors (Lipinski definition) is 3. The van der Waals surface area contributed by atoms with Gasteiger partial charge in [-0.15, -0.1) is 0 Å². The predicted octanol–water partition coefficient (Wildman–Crippen LogP) is 3.97. The minimum absolute atomic E-state index is 0.318. The lowest BCUT2D eigenvalue weighted by atomic mass is 10.1. The van der Waals surface area contributed by atoms with Gasteiger partial charge in [-0.25, -0.2) is 0 Å². The maximum atomic E-state index is 11.6. The maximum Gasteiger partial charge on any atom is 0.254 e. The second-order valence-corrected chi connectivity index (χ2v) is 5.85. The first-order valence-corrected chi connectivity index (χ1v) is 7.31. The van der Waals surface area contributed by atoms with E-state index in [0.29, 0.717) is 22.8 Å². The van der Waals surface area contributed by atoms with Gasteiger partial charge in [-0.2, -0.15) is 0 Å². The Labute approximate surface area is 132 Å². The monoisotopic (exact) mass is 348 g/mol. The molecule has 2 N–H and O–H groups in total. The van der Waals surface area contributed by atoms with E-state index in [9.17, 15) is 4.79 Å². The largest absolute Gasteiger partial charge is 0.456 e. The number of aromatic nitrogens is 1. The first kappa shape index (κ1) is 15.5. The van der Waals surface area contributed by atoms with Crippen molar-refractivity contribution in [1.29, 1.82) is 0 Å². The summed E-state index contributed by atoms with van der Waals surface area (Å²) in [5.74, 6) is 0.565. The van der Waals surface area contributed by atoms with Gasteiger partial charge in [0, 0.05) is 16.2 Å². The normalized spacial score (nSPS) is 10.5. The van der Waals surface area contributed by atoms with E-state index in [2.05, 4.69) is 20.9 Å². The van der Waals surface area contributed by atoms with Crippen molar-refractivity contribution in [2.45, 2.75) is 27.7 Å². The molecule has 0 saturated heterocycles. The van der Waals surface area contributed by atoms with E-state index in [1.165, 1.54) is 0 Å². The zero-order chi connectivity index (χ0) is 15.7. The summed E-state index contributed by atoms with van der Waals surface area (Å²) in [6.07, 6.45) is 0. The van der Waals surface area contributed by atoms with E-state index in [-0.39, 0.29) is 0 Å². The van der Waals surface area contributed by atoms with Crippen molar-refractivity contribution < 1.29 is 9.53 Å². The van der Waals surface area contributed by atoms with E-state index >= 15 is 0 Å². The van der Waals surface area contributed by atoms with Gasteiger partial charge in [0.15, 0.2) is 0 Å². The standard InChI is InChI=1S/C16H17BrN2O2/c1-8-5-12(6-9(2)15(8)17)21-13-7-10(3)19-11(4)14(13)16(18)20/h5-7H,1-4H3,(H2,18,20). The third-order valence-corrected chi connectivity index (χ3v) is 4.43. The number of nitrogens with zero attached hydrogens (tertiary/aromatic N) is 1. The third kappa shape index (κ3) is 3.24. The first-order chi connectivity index (χ1) is 9.79. The summed E-state index contributed by atoms with van der Waals surface area (Å²) >= 11 is 3.52. The molecule has 0 spiro atoms. The van der Waals surface area contributed by atoms with Crippen LogP contribution in [0.3, 0.4) is 0 Å². The SMILES string of the molecule is Cc1cc(Oc2cc(C)c(Br)c(C)c2)c(C(N)=O)c(C)n1. The van der Waals surface area contributed by atoms with Gasteiger partial charge in [0.25, 0.3) is 5.91 Å². The fourth-order valence-corrected chi connectivity index (χ4v) is 2.49. The Hall–Kier alpha value is -1.88. The summed E-state index contributed by atoms with van der Waals surface area (Å²) < 4.78 is 6.94. The number of primary amides is 1. The molecule has 1 heterocycles. The molecule has 110 valence electrons. The summed E-state index contributed by atoms with van der Waals surface area (Å²) in [7, 11) is 0. The topological polar surface area (TPSA) is 65.2 Å². The van der Waals surface area contributed by atoms with Gasteiger partial charge < -0.3 is 10.5 Å². The molecular formula is C16H17BrN2O2. The quantitative estimate of drug-likeness (QED) is 0.912. The van der Waals surface area contributed by atoms with Crippen molar-refractivity contribution in [3.05, 3.63) is 50.8 Å². The number of carbonyl (C=O) groups is 1. The van der Waals surface area contributed by atoms with Crippen molar-refractivity contribution in [3.8, 4) is 11.5 Å².